The number of alkyl halides is 3. The topological polar surface area (TPSA) is 64.0 Å². The zero-order valence-corrected chi connectivity index (χ0v) is 15.5. The first-order chi connectivity index (χ1) is 12.6. The second-order valence-corrected chi connectivity index (χ2v) is 8.06. The van der Waals surface area contributed by atoms with Crippen molar-refractivity contribution in [3.63, 3.8) is 0 Å². The van der Waals surface area contributed by atoms with Crippen LogP contribution < -0.4 is 4.72 Å². The largest absolute Gasteiger partial charge is 0.404 e. The van der Waals surface area contributed by atoms with E-state index in [4.69, 9.17) is 0 Å². The van der Waals surface area contributed by atoms with E-state index in [1.54, 1.807) is 11.6 Å². The summed E-state index contributed by atoms with van der Waals surface area (Å²) in [5.74, 6) is -1.92. The lowest BCUT2D eigenvalue weighted by Gasteiger charge is -2.16. The van der Waals surface area contributed by atoms with Crippen molar-refractivity contribution in [1.29, 1.82) is 0 Å². The minimum Gasteiger partial charge on any atom is -0.237 e. The van der Waals surface area contributed by atoms with Gasteiger partial charge < -0.3 is 0 Å². The fourth-order valence-electron chi connectivity index (χ4n) is 3.07. The average molecular weight is 397 g/mol. The minimum absolute atomic E-state index is 0.508. The smallest absolute Gasteiger partial charge is 0.237 e. The molecule has 0 bridgehead atoms. The van der Waals surface area contributed by atoms with Crippen molar-refractivity contribution in [2.24, 2.45) is 0 Å². The number of nitrogens with one attached hydrogen (secondary N) is 1. The highest BCUT2D eigenvalue weighted by Crippen LogP contribution is 2.26. The molecule has 2 aromatic carbocycles. The molecule has 0 saturated carbocycles. The Labute approximate surface area is 154 Å². The maximum Gasteiger partial charge on any atom is 0.404 e. The first-order valence-corrected chi connectivity index (χ1v) is 9.82. The Balaban J connectivity index is 1.93. The number of rotatable bonds is 5. The third-order valence-electron chi connectivity index (χ3n) is 4.22. The molecule has 27 heavy (non-hydrogen) atoms. The van der Waals surface area contributed by atoms with Crippen LogP contribution in [0.1, 0.15) is 24.2 Å². The fraction of sp³-hybridized carbons (Fsp3) is 0.278. The summed E-state index contributed by atoms with van der Waals surface area (Å²) in [5.41, 5.74) is 1.96. The Morgan fingerprint density at radius 3 is 2.52 bits per heavy atom. The van der Waals surface area contributed by atoms with Crippen molar-refractivity contribution in [2.75, 3.05) is 5.75 Å². The van der Waals surface area contributed by atoms with Gasteiger partial charge in [-0.3, -0.25) is 0 Å². The van der Waals surface area contributed by atoms with Gasteiger partial charge in [0.05, 0.1) is 11.9 Å². The Morgan fingerprint density at radius 1 is 1.15 bits per heavy atom. The lowest BCUT2D eigenvalue weighted by molar-refractivity contribution is -0.106. The standard InChI is InChI=1S/C18H18F3N3O2S/c1-12(23-27(25,26)11-18(19,20)21)16-10-22-24(13(16)2)17-9-5-7-14-6-3-4-8-15(14)17/h3-10,12,23H,11H2,1-2H3/t12-/m1/s1. The number of hydrogen-bond acceptors (Lipinski definition) is 3. The molecule has 0 aliphatic heterocycles. The molecule has 1 aromatic heterocycles. The van der Waals surface area contributed by atoms with Gasteiger partial charge >= 0.3 is 6.18 Å². The molecule has 144 valence electrons. The quantitative estimate of drug-likeness (QED) is 0.711. The molecule has 9 heteroatoms. The van der Waals surface area contributed by atoms with Crippen LogP contribution in [0.3, 0.4) is 0 Å². The van der Waals surface area contributed by atoms with Crippen molar-refractivity contribution in [3.8, 4) is 5.69 Å². The first kappa shape index (κ1) is 19.4. The third-order valence-corrected chi connectivity index (χ3v) is 5.64. The third kappa shape index (κ3) is 4.30. The summed E-state index contributed by atoms with van der Waals surface area (Å²) in [6.45, 7) is 3.24. The number of halogens is 3. The van der Waals surface area contributed by atoms with Crippen LogP contribution >= 0.6 is 0 Å². The lowest BCUT2D eigenvalue weighted by Crippen LogP contribution is -2.35. The molecular formula is C18H18F3N3O2S. The molecule has 1 atom stereocenters. The molecule has 0 aliphatic carbocycles. The molecule has 1 N–H and O–H groups in total. The van der Waals surface area contributed by atoms with E-state index in [0.29, 0.717) is 11.3 Å². The van der Waals surface area contributed by atoms with Gasteiger partial charge in [-0.05, 0) is 25.3 Å². The number of benzene rings is 2. The van der Waals surface area contributed by atoms with Crippen LogP contribution in [0.2, 0.25) is 0 Å². The number of fused-ring (bicyclic) bond motifs is 1. The second-order valence-electron chi connectivity index (χ2n) is 6.31. The normalized spacial score (nSPS) is 13.8. The minimum atomic E-state index is -4.80. The fourth-order valence-corrected chi connectivity index (χ4v) is 4.25. The summed E-state index contributed by atoms with van der Waals surface area (Å²) in [7, 11) is -4.51. The molecule has 0 aliphatic rings. The molecular weight excluding hydrogens is 379 g/mol. The Kier molecular flexibility index (Phi) is 5.00. The van der Waals surface area contributed by atoms with Crippen molar-refractivity contribution in [2.45, 2.75) is 26.1 Å². The Morgan fingerprint density at radius 2 is 1.81 bits per heavy atom. The van der Waals surface area contributed by atoms with Crippen LogP contribution in [0.4, 0.5) is 13.2 Å². The van der Waals surface area contributed by atoms with Gasteiger partial charge in [-0.25, -0.2) is 17.8 Å². The van der Waals surface area contributed by atoms with Crippen LogP contribution in [0, 0.1) is 6.92 Å². The Hall–Kier alpha value is -2.39. The van der Waals surface area contributed by atoms with Crippen LogP contribution in [-0.4, -0.2) is 30.1 Å². The zero-order valence-electron chi connectivity index (χ0n) is 14.7. The molecule has 3 rings (SSSR count). The number of sulfonamides is 1. The Bertz CT molecular complexity index is 1070. The van der Waals surface area contributed by atoms with E-state index in [1.807, 2.05) is 42.5 Å². The molecule has 1 heterocycles. The zero-order chi connectivity index (χ0) is 19.8. The molecule has 5 nitrogen and oxygen atoms in total. The predicted octanol–water partition coefficient (Wildman–Crippen LogP) is 3.88. The second kappa shape index (κ2) is 6.97. The highest BCUT2D eigenvalue weighted by molar-refractivity contribution is 7.89. The predicted molar refractivity (Wildman–Crippen MR) is 97.2 cm³/mol. The maximum atomic E-state index is 12.4. The monoisotopic (exact) mass is 397 g/mol. The molecule has 0 fully saturated rings. The van der Waals surface area contributed by atoms with Crippen LogP contribution in [0.25, 0.3) is 16.5 Å². The number of aromatic nitrogens is 2. The SMILES string of the molecule is Cc1c([C@@H](C)NS(=O)(=O)CC(F)(F)F)cnn1-c1cccc2ccccc12. The van der Waals surface area contributed by atoms with Crippen molar-refractivity contribution in [1.82, 2.24) is 14.5 Å². The van der Waals surface area contributed by atoms with E-state index in [-0.39, 0.29) is 0 Å². The van der Waals surface area contributed by atoms with Gasteiger partial charge in [-0.2, -0.15) is 18.3 Å². The summed E-state index contributed by atoms with van der Waals surface area (Å²) in [4.78, 5) is 0. The lowest BCUT2D eigenvalue weighted by atomic mass is 10.1. The van der Waals surface area contributed by atoms with Crippen molar-refractivity contribution >= 4 is 20.8 Å². The molecule has 3 aromatic rings. The van der Waals surface area contributed by atoms with Gasteiger partial charge in [0.2, 0.25) is 10.0 Å². The van der Waals surface area contributed by atoms with Gasteiger partial charge in [0.15, 0.2) is 5.75 Å². The summed E-state index contributed by atoms with van der Waals surface area (Å²) >= 11 is 0. The summed E-state index contributed by atoms with van der Waals surface area (Å²) < 4.78 is 64.5. The summed E-state index contributed by atoms with van der Waals surface area (Å²) in [6, 6.07) is 12.6. The molecule has 0 unspecified atom stereocenters. The highest BCUT2D eigenvalue weighted by atomic mass is 32.2. The van der Waals surface area contributed by atoms with E-state index >= 15 is 0 Å². The van der Waals surface area contributed by atoms with Crippen molar-refractivity contribution < 1.29 is 21.6 Å². The van der Waals surface area contributed by atoms with Crippen LogP contribution in [0.15, 0.2) is 48.7 Å². The summed E-state index contributed by atoms with van der Waals surface area (Å²) in [5, 5.41) is 6.30. The first-order valence-electron chi connectivity index (χ1n) is 8.17. The number of nitrogens with zero attached hydrogens (tertiary/aromatic N) is 2. The average Bonchev–Trinajstić information content (AvgIpc) is 2.93. The van der Waals surface area contributed by atoms with Gasteiger partial charge in [0.1, 0.15) is 0 Å². The van der Waals surface area contributed by atoms with Gasteiger partial charge in [-0.15, -0.1) is 0 Å². The van der Waals surface area contributed by atoms with E-state index in [0.717, 1.165) is 16.5 Å². The van der Waals surface area contributed by atoms with Crippen molar-refractivity contribution in [3.05, 3.63) is 59.9 Å². The summed E-state index contributed by atoms with van der Waals surface area (Å²) in [6.07, 6.45) is -3.33. The van der Waals surface area contributed by atoms with Crippen LogP contribution in [-0.2, 0) is 10.0 Å². The van der Waals surface area contributed by atoms with Gasteiger partial charge in [0.25, 0.3) is 0 Å². The van der Waals surface area contributed by atoms with E-state index < -0.39 is 28.0 Å². The molecule has 0 spiro atoms. The maximum absolute atomic E-state index is 12.4. The molecule has 0 radical (unpaired) electrons. The molecule has 0 saturated heterocycles. The van der Waals surface area contributed by atoms with Gasteiger partial charge in [0, 0.05) is 22.7 Å². The highest BCUT2D eigenvalue weighted by Gasteiger charge is 2.36. The van der Waals surface area contributed by atoms with E-state index in [1.165, 1.54) is 13.1 Å². The number of hydrogen-bond donors (Lipinski definition) is 1. The van der Waals surface area contributed by atoms with Crippen LogP contribution in [0.5, 0.6) is 0 Å². The van der Waals surface area contributed by atoms with Gasteiger partial charge in [-0.1, -0.05) is 36.4 Å². The van der Waals surface area contributed by atoms with E-state index in [2.05, 4.69) is 9.82 Å². The molecule has 0 amide bonds. The van der Waals surface area contributed by atoms with E-state index in [9.17, 15) is 21.6 Å².